The van der Waals surface area contributed by atoms with Gasteiger partial charge >= 0.3 is 5.97 Å². The number of benzene rings is 1. The van der Waals surface area contributed by atoms with E-state index in [1.807, 2.05) is 58.0 Å². The molecule has 1 rings (SSSR count). The van der Waals surface area contributed by atoms with Gasteiger partial charge in [0.25, 0.3) is 0 Å². The van der Waals surface area contributed by atoms with Crippen LogP contribution in [0.25, 0.3) is 0 Å². The zero-order valence-electron chi connectivity index (χ0n) is 23.2. The minimum atomic E-state index is -0.735. The SMILES string of the molecule is CCCCCCCCCC[N+](C)(C)/C(C)=C/C(=O)N[C@@H](Cc1ccccc1)C(=O)OC(C)(C)C.[Cl-]. The third-order valence-electron chi connectivity index (χ3n) is 6.16. The maximum atomic E-state index is 12.9. The number of amides is 1. The number of ether oxygens (including phenoxy) is 1. The second-order valence-corrected chi connectivity index (χ2v) is 11.0. The minimum Gasteiger partial charge on any atom is -1.00 e. The Morgan fingerprint density at radius 1 is 0.971 bits per heavy atom. The fraction of sp³-hybridized carbons (Fsp3) is 0.655. The molecule has 200 valence electrons. The van der Waals surface area contributed by atoms with Gasteiger partial charge in [0.1, 0.15) is 17.3 Å². The molecule has 1 aromatic carbocycles. The zero-order chi connectivity index (χ0) is 25.6. The largest absolute Gasteiger partial charge is 1.00 e. The van der Waals surface area contributed by atoms with Crippen LogP contribution in [-0.4, -0.2) is 48.6 Å². The number of carbonyl (C=O) groups is 2. The van der Waals surface area contributed by atoms with E-state index in [9.17, 15) is 9.59 Å². The van der Waals surface area contributed by atoms with Gasteiger partial charge in [-0.3, -0.25) is 9.28 Å². The molecule has 1 atom stereocenters. The number of unbranched alkanes of at least 4 members (excludes halogenated alkanes) is 7. The maximum absolute atomic E-state index is 12.9. The van der Waals surface area contributed by atoms with Crippen LogP contribution in [-0.2, 0) is 20.7 Å². The molecule has 0 aliphatic heterocycles. The fourth-order valence-corrected chi connectivity index (χ4v) is 3.81. The molecule has 0 aromatic heterocycles. The molecule has 0 saturated carbocycles. The first-order valence-corrected chi connectivity index (χ1v) is 13.0. The zero-order valence-corrected chi connectivity index (χ0v) is 23.9. The Bertz CT molecular complexity index is 770. The summed E-state index contributed by atoms with van der Waals surface area (Å²) in [7, 11) is 4.27. The summed E-state index contributed by atoms with van der Waals surface area (Å²) in [6, 6.07) is 8.96. The van der Waals surface area contributed by atoms with Crippen molar-refractivity contribution in [2.24, 2.45) is 0 Å². The van der Waals surface area contributed by atoms with Gasteiger partial charge in [-0.25, -0.2) is 4.79 Å². The molecular formula is C29H49ClN2O3. The molecule has 6 heteroatoms. The first-order valence-electron chi connectivity index (χ1n) is 13.0. The van der Waals surface area contributed by atoms with Gasteiger partial charge in [0.15, 0.2) is 0 Å². The van der Waals surface area contributed by atoms with Crippen molar-refractivity contribution in [2.75, 3.05) is 20.6 Å². The average molecular weight is 509 g/mol. The summed E-state index contributed by atoms with van der Waals surface area (Å²) >= 11 is 0. The number of allylic oxidation sites excluding steroid dienone is 1. The molecule has 0 radical (unpaired) electrons. The summed E-state index contributed by atoms with van der Waals surface area (Å²) in [5.74, 6) is -0.671. The van der Waals surface area contributed by atoms with E-state index < -0.39 is 17.6 Å². The Kier molecular flexibility index (Phi) is 15.9. The Hall–Kier alpha value is -1.85. The highest BCUT2D eigenvalue weighted by molar-refractivity contribution is 5.92. The lowest BCUT2D eigenvalue weighted by Gasteiger charge is -2.30. The van der Waals surface area contributed by atoms with Crippen LogP contribution in [0.1, 0.15) is 91.5 Å². The Morgan fingerprint density at radius 2 is 1.51 bits per heavy atom. The van der Waals surface area contributed by atoms with Crippen molar-refractivity contribution in [3.63, 3.8) is 0 Å². The summed E-state index contributed by atoms with van der Waals surface area (Å²) in [4.78, 5) is 25.7. The number of carbonyl (C=O) groups excluding carboxylic acids is 2. The second-order valence-electron chi connectivity index (χ2n) is 11.0. The van der Waals surface area contributed by atoms with Gasteiger partial charge < -0.3 is 22.5 Å². The van der Waals surface area contributed by atoms with Crippen molar-refractivity contribution >= 4 is 11.9 Å². The van der Waals surface area contributed by atoms with Crippen molar-refractivity contribution in [1.29, 1.82) is 0 Å². The summed E-state index contributed by atoms with van der Waals surface area (Å²) < 4.78 is 6.24. The molecule has 0 aliphatic rings. The lowest BCUT2D eigenvalue weighted by atomic mass is 10.1. The number of hydrogen-bond acceptors (Lipinski definition) is 3. The lowest BCUT2D eigenvalue weighted by Crippen LogP contribution is -3.00. The van der Waals surface area contributed by atoms with Crippen molar-refractivity contribution in [3.8, 4) is 0 Å². The van der Waals surface area contributed by atoms with Crippen LogP contribution < -0.4 is 17.7 Å². The molecule has 0 aliphatic carbocycles. The lowest BCUT2D eigenvalue weighted by molar-refractivity contribution is -0.852. The van der Waals surface area contributed by atoms with E-state index in [4.69, 9.17) is 4.74 Å². The predicted molar refractivity (Wildman–Crippen MR) is 141 cm³/mol. The summed E-state index contributed by atoms with van der Waals surface area (Å²) in [5, 5.41) is 2.89. The Labute approximate surface area is 220 Å². The summed E-state index contributed by atoms with van der Waals surface area (Å²) in [6.45, 7) is 10.7. The van der Waals surface area contributed by atoms with E-state index >= 15 is 0 Å². The van der Waals surface area contributed by atoms with Gasteiger partial charge in [-0.15, -0.1) is 0 Å². The molecular weight excluding hydrogens is 460 g/mol. The highest BCUT2D eigenvalue weighted by Crippen LogP contribution is 2.16. The van der Waals surface area contributed by atoms with E-state index in [0.29, 0.717) is 10.9 Å². The highest BCUT2D eigenvalue weighted by Gasteiger charge is 2.27. The number of esters is 1. The average Bonchev–Trinajstić information content (AvgIpc) is 2.74. The maximum Gasteiger partial charge on any atom is 0.329 e. The molecule has 0 saturated heterocycles. The van der Waals surface area contributed by atoms with Gasteiger partial charge in [0, 0.05) is 13.3 Å². The number of nitrogens with zero attached hydrogens (tertiary/aromatic N) is 1. The highest BCUT2D eigenvalue weighted by atomic mass is 35.5. The topological polar surface area (TPSA) is 55.4 Å². The standard InChI is InChI=1S/C29H48N2O3.ClH/c1-8-9-10-11-12-13-14-18-21-31(6,7)24(2)22-27(32)30-26(28(33)34-29(3,4)5)23-25-19-16-15-17-20-25;/h15-17,19-20,22,26H,8-14,18,21,23H2,1-7H3;1H/b24-22+;/t26-;/m0./s1. The van der Waals surface area contributed by atoms with Gasteiger partial charge in [0.05, 0.1) is 26.7 Å². The van der Waals surface area contributed by atoms with Gasteiger partial charge in [-0.1, -0.05) is 75.8 Å². The number of quaternary nitrogens is 1. The molecule has 5 nitrogen and oxygen atoms in total. The fourth-order valence-electron chi connectivity index (χ4n) is 3.81. The molecule has 1 aromatic rings. The van der Waals surface area contributed by atoms with Crippen LogP contribution in [0.3, 0.4) is 0 Å². The van der Waals surface area contributed by atoms with Crippen molar-refractivity contribution in [2.45, 2.75) is 104 Å². The number of hydrogen-bond donors (Lipinski definition) is 1. The quantitative estimate of drug-likeness (QED) is 0.171. The Balaban J connectivity index is 0.0000116. The molecule has 0 heterocycles. The second kappa shape index (κ2) is 16.8. The number of halogens is 1. The van der Waals surface area contributed by atoms with E-state index in [0.717, 1.165) is 24.2 Å². The molecule has 0 unspecified atom stereocenters. The smallest absolute Gasteiger partial charge is 0.329 e. The van der Waals surface area contributed by atoms with Gasteiger partial charge in [-0.05, 0) is 39.2 Å². The molecule has 0 spiro atoms. The van der Waals surface area contributed by atoms with E-state index in [1.165, 1.54) is 44.9 Å². The monoisotopic (exact) mass is 508 g/mol. The summed E-state index contributed by atoms with van der Waals surface area (Å²) in [6.07, 6.45) is 12.3. The number of rotatable bonds is 15. The van der Waals surface area contributed by atoms with Crippen molar-refractivity contribution in [3.05, 3.63) is 47.7 Å². The van der Waals surface area contributed by atoms with Gasteiger partial charge in [-0.2, -0.15) is 0 Å². The molecule has 1 amide bonds. The molecule has 0 fully saturated rings. The number of nitrogens with one attached hydrogen (secondary N) is 1. The first kappa shape index (κ1) is 33.1. The van der Waals surface area contributed by atoms with Crippen molar-refractivity contribution in [1.82, 2.24) is 5.32 Å². The van der Waals surface area contributed by atoms with Crippen LogP contribution in [0.15, 0.2) is 42.1 Å². The van der Waals surface area contributed by atoms with E-state index in [-0.39, 0.29) is 18.3 Å². The first-order chi connectivity index (χ1) is 15.9. The third-order valence-corrected chi connectivity index (χ3v) is 6.16. The summed E-state index contributed by atoms with van der Waals surface area (Å²) in [5.41, 5.74) is 1.34. The van der Waals surface area contributed by atoms with Crippen LogP contribution in [0, 0.1) is 0 Å². The molecule has 35 heavy (non-hydrogen) atoms. The molecule has 0 bridgehead atoms. The van der Waals surface area contributed by atoms with Crippen molar-refractivity contribution < 1.29 is 31.2 Å². The Morgan fingerprint density at radius 3 is 2.06 bits per heavy atom. The van der Waals surface area contributed by atoms with Crippen LogP contribution in [0.2, 0.25) is 0 Å². The van der Waals surface area contributed by atoms with Crippen LogP contribution in [0.5, 0.6) is 0 Å². The molecule has 1 N–H and O–H groups in total. The minimum absolute atomic E-state index is 0. The third kappa shape index (κ3) is 15.0. The predicted octanol–water partition coefficient (Wildman–Crippen LogP) is 3.18. The normalized spacial score (nSPS) is 13.1. The van der Waals surface area contributed by atoms with E-state index in [1.54, 1.807) is 6.08 Å². The van der Waals surface area contributed by atoms with Crippen LogP contribution in [0.4, 0.5) is 0 Å². The van der Waals surface area contributed by atoms with Crippen LogP contribution >= 0.6 is 0 Å². The van der Waals surface area contributed by atoms with Gasteiger partial charge in [0.2, 0.25) is 5.91 Å². The van der Waals surface area contributed by atoms with E-state index in [2.05, 4.69) is 26.3 Å².